The van der Waals surface area contributed by atoms with Crippen molar-refractivity contribution in [1.29, 1.82) is 0 Å². The van der Waals surface area contributed by atoms with Gasteiger partial charge in [0.25, 0.3) is 0 Å². The minimum Gasteiger partial charge on any atom is -0.490 e. The molecule has 2 aromatic rings. The van der Waals surface area contributed by atoms with Gasteiger partial charge in [0.15, 0.2) is 11.6 Å². The van der Waals surface area contributed by atoms with Gasteiger partial charge < -0.3 is 15.4 Å². The van der Waals surface area contributed by atoms with Gasteiger partial charge in [-0.05, 0) is 29.7 Å². The summed E-state index contributed by atoms with van der Waals surface area (Å²) in [7, 11) is 2.03. The van der Waals surface area contributed by atoms with Crippen LogP contribution in [0.15, 0.2) is 42.6 Å². The van der Waals surface area contributed by atoms with Crippen LogP contribution in [0, 0.1) is 0 Å². The Morgan fingerprint density at radius 3 is 2.52 bits per heavy atom. The van der Waals surface area contributed by atoms with Crippen molar-refractivity contribution >= 4 is 5.82 Å². The van der Waals surface area contributed by atoms with Crippen LogP contribution in [0.2, 0.25) is 0 Å². The summed E-state index contributed by atoms with van der Waals surface area (Å²) in [6, 6.07) is 12.2. The van der Waals surface area contributed by atoms with Crippen molar-refractivity contribution in [3.63, 3.8) is 0 Å². The highest BCUT2D eigenvalue weighted by Gasteiger charge is 2.10. The first-order valence-corrected chi connectivity index (χ1v) is 7.31. The molecule has 4 heteroatoms. The van der Waals surface area contributed by atoms with Crippen LogP contribution in [0.25, 0.3) is 0 Å². The Balaban J connectivity index is 2.09. The molecule has 21 heavy (non-hydrogen) atoms. The Hall–Kier alpha value is -2.07. The molecular formula is C17H23N3O. The smallest absolute Gasteiger partial charge is 0.171 e. The molecule has 0 spiro atoms. The van der Waals surface area contributed by atoms with Gasteiger partial charge in [0.1, 0.15) is 0 Å². The summed E-state index contributed by atoms with van der Waals surface area (Å²) in [5.41, 5.74) is 7.99. The number of anilines is 1. The van der Waals surface area contributed by atoms with E-state index in [1.165, 1.54) is 5.56 Å². The fourth-order valence-corrected chi connectivity index (χ4v) is 2.12. The number of aromatic nitrogens is 1. The van der Waals surface area contributed by atoms with Crippen LogP contribution in [0.3, 0.4) is 0 Å². The zero-order valence-corrected chi connectivity index (χ0v) is 12.7. The van der Waals surface area contributed by atoms with Crippen LogP contribution in [-0.4, -0.2) is 18.6 Å². The van der Waals surface area contributed by atoms with E-state index in [2.05, 4.69) is 41.1 Å². The quantitative estimate of drug-likeness (QED) is 0.849. The van der Waals surface area contributed by atoms with Gasteiger partial charge in [-0.1, -0.05) is 31.2 Å². The maximum absolute atomic E-state index is 5.76. The van der Waals surface area contributed by atoms with E-state index in [-0.39, 0.29) is 0 Å². The van der Waals surface area contributed by atoms with Crippen molar-refractivity contribution in [2.24, 2.45) is 5.73 Å². The topological polar surface area (TPSA) is 51.4 Å². The van der Waals surface area contributed by atoms with Crippen LogP contribution >= 0.6 is 0 Å². The fraction of sp³-hybridized carbons (Fsp3) is 0.353. The molecule has 0 aliphatic rings. The summed E-state index contributed by atoms with van der Waals surface area (Å²) in [6.07, 6.45) is 2.78. The van der Waals surface area contributed by atoms with Crippen LogP contribution in [0.1, 0.15) is 24.5 Å². The highest BCUT2D eigenvalue weighted by atomic mass is 16.5. The lowest BCUT2D eigenvalue weighted by Crippen LogP contribution is -2.19. The molecule has 1 aromatic carbocycles. The average Bonchev–Trinajstić information content (AvgIpc) is 2.54. The maximum atomic E-state index is 5.76. The maximum Gasteiger partial charge on any atom is 0.171 e. The Labute approximate surface area is 126 Å². The molecule has 0 bridgehead atoms. The lowest BCUT2D eigenvalue weighted by atomic mass is 10.1. The van der Waals surface area contributed by atoms with Crippen LogP contribution in [-0.2, 0) is 13.1 Å². The standard InChI is InChI=1S/C17H23N3O/c1-3-11-21-16-5-4-10-19-17(16)20(2)13-15-8-6-14(12-18)7-9-15/h4-10H,3,11-13,18H2,1-2H3. The van der Waals surface area contributed by atoms with Gasteiger partial charge in [0, 0.05) is 26.3 Å². The molecule has 0 fully saturated rings. The van der Waals surface area contributed by atoms with E-state index < -0.39 is 0 Å². The Morgan fingerprint density at radius 1 is 1.14 bits per heavy atom. The molecule has 0 aliphatic heterocycles. The first-order valence-electron chi connectivity index (χ1n) is 7.31. The predicted octanol–water partition coefficient (Wildman–Crippen LogP) is 2.97. The summed E-state index contributed by atoms with van der Waals surface area (Å²) >= 11 is 0. The molecular weight excluding hydrogens is 262 g/mol. The molecule has 1 aromatic heterocycles. The predicted molar refractivity (Wildman–Crippen MR) is 86.5 cm³/mol. The fourth-order valence-electron chi connectivity index (χ4n) is 2.12. The van der Waals surface area contributed by atoms with Crippen molar-refractivity contribution in [2.75, 3.05) is 18.6 Å². The normalized spacial score (nSPS) is 10.4. The third kappa shape index (κ3) is 4.20. The van der Waals surface area contributed by atoms with Crippen molar-refractivity contribution in [3.8, 4) is 5.75 Å². The van der Waals surface area contributed by atoms with E-state index >= 15 is 0 Å². The second kappa shape index (κ2) is 7.64. The lowest BCUT2D eigenvalue weighted by molar-refractivity contribution is 0.316. The minimum atomic E-state index is 0.575. The van der Waals surface area contributed by atoms with Gasteiger partial charge in [-0.3, -0.25) is 0 Å². The molecule has 0 unspecified atom stereocenters. The first-order chi connectivity index (χ1) is 10.2. The third-order valence-electron chi connectivity index (χ3n) is 3.25. The number of pyridine rings is 1. The van der Waals surface area contributed by atoms with E-state index in [1.54, 1.807) is 6.20 Å². The summed E-state index contributed by atoms with van der Waals surface area (Å²) in [5, 5.41) is 0. The molecule has 0 radical (unpaired) electrons. The molecule has 4 nitrogen and oxygen atoms in total. The molecule has 2 rings (SSSR count). The van der Waals surface area contributed by atoms with Crippen LogP contribution in [0.4, 0.5) is 5.82 Å². The lowest BCUT2D eigenvalue weighted by Gasteiger charge is -2.21. The number of rotatable bonds is 7. The van der Waals surface area contributed by atoms with Gasteiger partial charge in [0.2, 0.25) is 0 Å². The van der Waals surface area contributed by atoms with E-state index in [4.69, 9.17) is 10.5 Å². The second-order valence-electron chi connectivity index (χ2n) is 5.05. The molecule has 0 amide bonds. The summed E-state index contributed by atoms with van der Waals surface area (Å²) in [6.45, 7) is 4.16. The number of hydrogen-bond acceptors (Lipinski definition) is 4. The van der Waals surface area contributed by atoms with Crippen molar-refractivity contribution in [2.45, 2.75) is 26.4 Å². The highest BCUT2D eigenvalue weighted by molar-refractivity contribution is 5.51. The van der Waals surface area contributed by atoms with Gasteiger partial charge in [-0.25, -0.2) is 4.98 Å². The van der Waals surface area contributed by atoms with E-state index in [0.717, 1.165) is 30.1 Å². The molecule has 0 saturated heterocycles. The number of hydrogen-bond donors (Lipinski definition) is 1. The molecule has 0 aliphatic carbocycles. The van der Waals surface area contributed by atoms with Crippen molar-refractivity contribution < 1.29 is 4.74 Å². The zero-order valence-electron chi connectivity index (χ0n) is 12.7. The van der Waals surface area contributed by atoms with Crippen LogP contribution in [0.5, 0.6) is 5.75 Å². The number of benzene rings is 1. The van der Waals surface area contributed by atoms with Gasteiger partial charge in [-0.15, -0.1) is 0 Å². The Bertz CT molecular complexity index is 554. The molecule has 0 atom stereocenters. The largest absolute Gasteiger partial charge is 0.490 e. The van der Waals surface area contributed by atoms with E-state index in [1.807, 2.05) is 19.2 Å². The average molecular weight is 285 g/mol. The monoisotopic (exact) mass is 285 g/mol. The Morgan fingerprint density at radius 2 is 1.86 bits per heavy atom. The number of nitrogens with two attached hydrogens (primary N) is 1. The Kier molecular flexibility index (Phi) is 5.58. The van der Waals surface area contributed by atoms with Gasteiger partial charge >= 0.3 is 0 Å². The molecule has 112 valence electrons. The first kappa shape index (κ1) is 15.3. The number of ether oxygens (including phenoxy) is 1. The van der Waals surface area contributed by atoms with Gasteiger partial charge in [0.05, 0.1) is 6.61 Å². The highest BCUT2D eigenvalue weighted by Crippen LogP contribution is 2.25. The SMILES string of the molecule is CCCOc1cccnc1N(C)Cc1ccc(CN)cc1. The van der Waals surface area contributed by atoms with Crippen LogP contribution < -0.4 is 15.4 Å². The minimum absolute atomic E-state index is 0.575. The van der Waals surface area contributed by atoms with Crippen molar-refractivity contribution in [3.05, 3.63) is 53.7 Å². The molecule has 1 heterocycles. The summed E-state index contributed by atoms with van der Waals surface area (Å²) in [5.74, 6) is 1.70. The molecule has 0 saturated carbocycles. The van der Waals surface area contributed by atoms with E-state index in [9.17, 15) is 0 Å². The summed E-state index contributed by atoms with van der Waals surface area (Å²) in [4.78, 5) is 6.54. The number of nitrogens with zero attached hydrogens (tertiary/aromatic N) is 2. The summed E-state index contributed by atoms with van der Waals surface area (Å²) < 4.78 is 5.76. The zero-order chi connectivity index (χ0) is 15.1. The molecule has 2 N–H and O–H groups in total. The van der Waals surface area contributed by atoms with Gasteiger partial charge in [-0.2, -0.15) is 0 Å². The second-order valence-corrected chi connectivity index (χ2v) is 5.05. The van der Waals surface area contributed by atoms with Crippen molar-refractivity contribution in [1.82, 2.24) is 4.98 Å². The third-order valence-corrected chi connectivity index (χ3v) is 3.25. The van der Waals surface area contributed by atoms with E-state index in [0.29, 0.717) is 13.2 Å².